The van der Waals surface area contributed by atoms with Gasteiger partial charge in [-0.05, 0) is 25.3 Å². The Bertz CT molecular complexity index is 395. The predicted octanol–water partition coefficient (Wildman–Crippen LogP) is 3.09. The normalized spacial score (nSPS) is 23.1. The molecule has 2 heterocycles. The summed E-state index contributed by atoms with van der Waals surface area (Å²) in [6, 6.07) is 0.989. The van der Waals surface area contributed by atoms with Gasteiger partial charge in [0.1, 0.15) is 0 Å². The van der Waals surface area contributed by atoms with Crippen molar-refractivity contribution in [2.45, 2.75) is 25.4 Å². The van der Waals surface area contributed by atoms with Crippen LogP contribution < -0.4 is 4.90 Å². The van der Waals surface area contributed by atoms with E-state index in [1.807, 2.05) is 0 Å². The van der Waals surface area contributed by atoms with Crippen LogP contribution >= 0.6 is 0 Å². The van der Waals surface area contributed by atoms with Crippen LogP contribution in [0, 0.1) is 0 Å². The molecule has 5 heteroatoms. The Hall–Kier alpha value is -1.26. The molecule has 0 saturated carbocycles. The van der Waals surface area contributed by atoms with Gasteiger partial charge in [-0.1, -0.05) is 0 Å². The highest BCUT2D eigenvalue weighted by molar-refractivity contribution is 5.53. The van der Waals surface area contributed by atoms with Crippen molar-refractivity contribution >= 4 is 5.69 Å². The van der Waals surface area contributed by atoms with Crippen molar-refractivity contribution in [2.24, 2.45) is 0 Å². The van der Waals surface area contributed by atoms with Crippen LogP contribution in [-0.4, -0.2) is 18.1 Å². The van der Waals surface area contributed by atoms with Crippen molar-refractivity contribution in [3.8, 4) is 0 Å². The molecule has 0 aromatic carbocycles. The summed E-state index contributed by atoms with van der Waals surface area (Å²) in [5.74, 6) is 0. The Morgan fingerprint density at radius 3 is 2.81 bits per heavy atom. The molecule has 0 aliphatic carbocycles. The third-order valence-electron chi connectivity index (χ3n) is 2.63. The van der Waals surface area contributed by atoms with Gasteiger partial charge in [0.2, 0.25) is 0 Å². The maximum absolute atomic E-state index is 12.8. The number of alkyl halides is 3. The molecule has 1 aromatic heterocycles. The lowest BCUT2D eigenvalue weighted by molar-refractivity contribution is -0.137. The van der Waals surface area contributed by atoms with Gasteiger partial charge >= 0.3 is 6.18 Å². The van der Waals surface area contributed by atoms with Gasteiger partial charge in [-0.15, -0.1) is 0 Å². The Morgan fingerprint density at radius 1 is 1.31 bits per heavy atom. The second kappa shape index (κ2) is 4.31. The molecule has 0 bridgehead atoms. The molecule has 1 fully saturated rings. The molecule has 0 N–H and O–H groups in total. The molecule has 0 spiro atoms. The van der Waals surface area contributed by atoms with Gasteiger partial charge in [0.25, 0.3) is 0 Å². The van der Waals surface area contributed by atoms with Gasteiger partial charge in [0, 0.05) is 20.7 Å². The number of pyridine rings is 1. The lowest BCUT2D eigenvalue weighted by Crippen LogP contribution is -2.31. The van der Waals surface area contributed by atoms with E-state index in [-0.39, 0.29) is 12.1 Å². The average Bonchev–Trinajstić information content (AvgIpc) is 2.28. The molecule has 0 amide bonds. The minimum Gasteiger partial charge on any atom is -0.370 e. The lowest BCUT2D eigenvalue weighted by Gasteiger charge is -2.30. The number of rotatable bonds is 1. The van der Waals surface area contributed by atoms with Crippen molar-refractivity contribution in [1.29, 1.82) is 0 Å². The maximum atomic E-state index is 12.8. The molecule has 1 aliphatic heterocycles. The SMILES string of the molecule is [2H][C@H]1CCCN(c2cnccc2C(F)(F)F)C1. The van der Waals surface area contributed by atoms with Gasteiger partial charge in [0.05, 0.1) is 17.4 Å². The first-order chi connectivity index (χ1) is 7.98. The smallest absolute Gasteiger partial charge is 0.370 e. The summed E-state index contributed by atoms with van der Waals surface area (Å²) in [5, 5.41) is 0. The fraction of sp³-hybridized carbons (Fsp3) is 0.545. The quantitative estimate of drug-likeness (QED) is 0.738. The number of halogens is 3. The number of piperidine rings is 1. The van der Waals surface area contributed by atoms with Crippen LogP contribution in [0.15, 0.2) is 18.5 Å². The third kappa shape index (κ3) is 2.28. The van der Waals surface area contributed by atoms with E-state index in [0.29, 0.717) is 13.1 Å². The van der Waals surface area contributed by atoms with Crippen LogP contribution in [0.1, 0.15) is 26.2 Å². The number of anilines is 1. The second-order valence-corrected chi connectivity index (χ2v) is 3.77. The summed E-state index contributed by atoms with van der Waals surface area (Å²) < 4.78 is 46.0. The minimum atomic E-state index is -4.37. The van der Waals surface area contributed by atoms with Crippen molar-refractivity contribution in [3.05, 3.63) is 24.0 Å². The summed E-state index contributed by atoms with van der Waals surface area (Å²) in [4.78, 5) is 5.36. The Balaban J connectivity index is 2.31. The molecule has 1 aliphatic rings. The number of nitrogens with zero attached hydrogens (tertiary/aromatic N) is 2. The molecule has 1 atom stereocenters. The summed E-state index contributed by atoms with van der Waals surface area (Å²) >= 11 is 0. The largest absolute Gasteiger partial charge is 0.418 e. The van der Waals surface area contributed by atoms with Crippen LogP contribution in [-0.2, 0) is 6.18 Å². The molecule has 2 rings (SSSR count). The molecular formula is C11H13F3N2. The zero-order valence-electron chi connectivity index (χ0n) is 9.67. The fourth-order valence-electron chi connectivity index (χ4n) is 1.86. The summed E-state index contributed by atoms with van der Waals surface area (Å²) in [7, 11) is 0. The molecule has 16 heavy (non-hydrogen) atoms. The molecule has 0 radical (unpaired) electrons. The predicted molar refractivity (Wildman–Crippen MR) is 55.3 cm³/mol. The molecule has 88 valence electrons. The summed E-state index contributed by atoms with van der Waals surface area (Å²) in [5.41, 5.74) is -0.571. The lowest BCUT2D eigenvalue weighted by atomic mass is 10.1. The second-order valence-electron chi connectivity index (χ2n) is 3.77. The standard InChI is InChI=1S/C11H13F3N2/c12-11(13,14)9-4-5-15-8-10(9)16-6-2-1-3-7-16/h4-5,8H,1-3,6-7H2/i2D/t2-/m0/s1. The first-order valence-corrected chi connectivity index (χ1v) is 5.17. The summed E-state index contributed by atoms with van der Waals surface area (Å²) in [6.45, 7) is 0.902. The Morgan fingerprint density at radius 2 is 2.12 bits per heavy atom. The molecular weight excluding hydrogens is 217 g/mol. The van der Waals surface area contributed by atoms with Gasteiger partial charge in [-0.2, -0.15) is 13.2 Å². The first-order valence-electron chi connectivity index (χ1n) is 5.74. The topological polar surface area (TPSA) is 16.1 Å². The van der Waals surface area contributed by atoms with Crippen molar-refractivity contribution in [1.82, 2.24) is 4.98 Å². The van der Waals surface area contributed by atoms with Crippen LogP contribution in [0.4, 0.5) is 18.9 Å². The molecule has 1 saturated heterocycles. The average molecular weight is 231 g/mol. The zero-order chi connectivity index (χ0) is 12.5. The van der Waals surface area contributed by atoms with Crippen LogP contribution in [0.2, 0.25) is 0 Å². The number of hydrogen-bond acceptors (Lipinski definition) is 2. The van der Waals surface area contributed by atoms with Gasteiger partial charge < -0.3 is 4.90 Å². The van der Waals surface area contributed by atoms with E-state index in [1.54, 1.807) is 4.90 Å². The molecule has 0 unspecified atom stereocenters. The van der Waals surface area contributed by atoms with E-state index in [2.05, 4.69) is 4.98 Å². The van der Waals surface area contributed by atoms with E-state index < -0.39 is 11.7 Å². The highest BCUT2D eigenvalue weighted by atomic mass is 19.4. The van der Waals surface area contributed by atoms with Crippen molar-refractivity contribution in [2.75, 3.05) is 18.0 Å². The van der Waals surface area contributed by atoms with Gasteiger partial charge in [-0.3, -0.25) is 4.98 Å². The van der Waals surface area contributed by atoms with Crippen LogP contribution in [0.3, 0.4) is 0 Å². The maximum Gasteiger partial charge on any atom is 0.418 e. The van der Waals surface area contributed by atoms with Crippen LogP contribution in [0.5, 0.6) is 0 Å². The fourth-order valence-corrected chi connectivity index (χ4v) is 1.86. The van der Waals surface area contributed by atoms with E-state index >= 15 is 0 Å². The van der Waals surface area contributed by atoms with Crippen molar-refractivity contribution in [3.63, 3.8) is 0 Å². The Kier molecular flexibility index (Phi) is 2.68. The van der Waals surface area contributed by atoms with E-state index in [0.717, 1.165) is 25.1 Å². The number of aromatic nitrogens is 1. The monoisotopic (exact) mass is 231 g/mol. The van der Waals surface area contributed by atoms with Gasteiger partial charge in [0.15, 0.2) is 0 Å². The minimum absolute atomic E-state index is 0.0944. The van der Waals surface area contributed by atoms with Gasteiger partial charge in [-0.25, -0.2) is 0 Å². The van der Waals surface area contributed by atoms with E-state index in [4.69, 9.17) is 1.37 Å². The third-order valence-corrected chi connectivity index (χ3v) is 2.63. The molecule has 2 nitrogen and oxygen atoms in total. The summed E-state index contributed by atoms with van der Waals surface area (Å²) in [6.07, 6.45) is -0.800. The number of hydrogen-bond donors (Lipinski definition) is 0. The molecule has 1 aromatic rings. The van der Waals surface area contributed by atoms with E-state index in [9.17, 15) is 13.2 Å². The van der Waals surface area contributed by atoms with Crippen LogP contribution in [0.25, 0.3) is 0 Å². The van der Waals surface area contributed by atoms with E-state index in [1.165, 1.54) is 6.20 Å². The Labute approximate surface area is 93.5 Å². The highest BCUT2D eigenvalue weighted by Gasteiger charge is 2.35. The zero-order valence-corrected chi connectivity index (χ0v) is 8.67. The van der Waals surface area contributed by atoms with Crippen molar-refractivity contribution < 1.29 is 14.5 Å². The first kappa shape index (κ1) is 9.93. The highest BCUT2D eigenvalue weighted by Crippen LogP contribution is 2.36.